The van der Waals surface area contributed by atoms with Crippen molar-refractivity contribution in [3.63, 3.8) is 0 Å². The molecule has 0 N–H and O–H groups in total. The molecule has 0 saturated heterocycles. The highest BCUT2D eigenvalue weighted by molar-refractivity contribution is 6.33. The molecule has 0 radical (unpaired) electrons. The Morgan fingerprint density at radius 1 is 1.26 bits per heavy atom. The minimum atomic E-state index is -0.277. The molecule has 98 valence electrons. The largest absolute Gasteiger partial charge is 0.368 e. The van der Waals surface area contributed by atoms with Crippen molar-refractivity contribution in [3.8, 4) is 0 Å². The summed E-state index contributed by atoms with van der Waals surface area (Å²) in [7, 11) is 1.82. The van der Waals surface area contributed by atoms with E-state index in [-0.39, 0.29) is 5.82 Å². The lowest BCUT2D eigenvalue weighted by atomic mass is 10.1. The Balaban J connectivity index is 2.30. The molecule has 0 heterocycles. The van der Waals surface area contributed by atoms with Gasteiger partial charge in [0.2, 0.25) is 0 Å². The van der Waals surface area contributed by atoms with Gasteiger partial charge in [0.25, 0.3) is 0 Å². The van der Waals surface area contributed by atoms with Crippen LogP contribution in [-0.4, -0.2) is 13.3 Å². The number of para-hydroxylation sites is 1. The molecule has 0 aliphatic heterocycles. The number of carbonyl (C=O) groups is 1. The molecule has 0 aliphatic rings. The first-order valence-corrected chi connectivity index (χ1v) is 6.19. The number of nitrogens with zero attached hydrogens (tertiary/aromatic N) is 1. The quantitative estimate of drug-likeness (QED) is 0.789. The molecular weight excluding hydrogens is 265 g/mol. The minimum absolute atomic E-state index is 0.277. The van der Waals surface area contributed by atoms with E-state index in [0.717, 1.165) is 11.8 Å². The summed E-state index contributed by atoms with van der Waals surface area (Å²) in [6, 6.07) is 11.5. The van der Waals surface area contributed by atoms with Crippen LogP contribution in [0.3, 0.4) is 0 Å². The summed E-state index contributed by atoms with van der Waals surface area (Å²) in [4.78, 5) is 12.9. The van der Waals surface area contributed by atoms with Crippen molar-refractivity contribution in [2.45, 2.75) is 6.54 Å². The average Bonchev–Trinajstić information content (AvgIpc) is 2.38. The Labute approximate surface area is 116 Å². The van der Waals surface area contributed by atoms with Crippen LogP contribution in [0.5, 0.6) is 0 Å². The minimum Gasteiger partial charge on any atom is -0.368 e. The standard InChI is InChI=1S/C15H13ClFNO/c1-18(9-11-4-2-6-13(17)8-11)15-12(10-19)5-3-7-14(15)16/h2-8,10H,9H2,1H3. The first-order valence-electron chi connectivity index (χ1n) is 5.81. The Hall–Kier alpha value is -1.87. The third kappa shape index (κ3) is 3.12. The third-order valence-corrected chi connectivity index (χ3v) is 3.14. The van der Waals surface area contributed by atoms with Crippen molar-refractivity contribution in [2.75, 3.05) is 11.9 Å². The maximum Gasteiger partial charge on any atom is 0.152 e. The SMILES string of the molecule is CN(Cc1cccc(F)c1)c1c(Cl)cccc1C=O. The molecule has 2 nitrogen and oxygen atoms in total. The van der Waals surface area contributed by atoms with Gasteiger partial charge in [0.1, 0.15) is 5.82 Å². The molecule has 0 aromatic heterocycles. The number of rotatable bonds is 4. The van der Waals surface area contributed by atoms with Crippen molar-refractivity contribution in [3.05, 3.63) is 64.4 Å². The maximum atomic E-state index is 13.1. The van der Waals surface area contributed by atoms with E-state index in [2.05, 4.69) is 0 Å². The van der Waals surface area contributed by atoms with E-state index in [0.29, 0.717) is 22.8 Å². The van der Waals surface area contributed by atoms with Crippen LogP contribution in [-0.2, 0) is 6.54 Å². The molecule has 0 fully saturated rings. The Morgan fingerprint density at radius 2 is 2.00 bits per heavy atom. The van der Waals surface area contributed by atoms with Gasteiger partial charge in [-0.3, -0.25) is 4.79 Å². The van der Waals surface area contributed by atoms with E-state index >= 15 is 0 Å². The van der Waals surface area contributed by atoms with E-state index in [1.165, 1.54) is 12.1 Å². The summed E-state index contributed by atoms with van der Waals surface area (Å²) in [5, 5.41) is 0.503. The topological polar surface area (TPSA) is 20.3 Å². The number of benzene rings is 2. The molecule has 0 unspecified atom stereocenters. The lowest BCUT2D eigenvalue weighted by molar-refractivity contribution is 0.112. The smallest absolute Gasteiger partial charge is 0.152 e. The van der Waals surface area contributed by atoms with E-state index in [1.54, 1.807) is 24.3 Å². The number of carbonyl (C=O) groups excluding carboxylic acids is 1. The lowest BCUT2D eigenvalue weighted by Crippen LogP contribution is -2.18. The van der Waals surface area contributed by atoms with Gasteiger partial charge < -0.3 is 4.90 Å². The third-order valence-electron chi connectivity index (χ3n) is 2.84. The lowest BCUT2D eigenvalue weighted by Gasteiger charge is -2.22. The molecule has 19 heavy (non-hydrogen) atoms. The maximum absolute atomic E-state index is 13.1. The number of halogens is 2. The molecule has 0 bridgehead atoms. The number of anilines is 1. The van der Waals surface area contributed by atoms with E-state index in [4.69, 9.17) is 11.6 Å². The molecule has 2 rings (SSSR count). The van der Waals surface area contributed by atoms with Gasteiger partial charge in [-0.1, -0.05) is 29.8 Å². The molecule has 0 aliphatic carbocycles. The van der Waals surface area contributed by atoms with Gasteiger partial charge in [-0.05, 0) is 29.8 Å². The fourth-order valence-corrected chi connectivity index (χ4v) is 2.34. The van der Waals surface area contributed by atoms with Crippen LogP contribution in [0.2, 0.25) is 5.02 Å². The van der Waals surface area contributed by atoms with Crippen molar-refractivity contribution in [2.24, 2.45) is 0 Å². The molecule has 2 aromatic carbocycles. The second kappa shape index (κ2) is 5.85. The molecule has 0 atom stereocenters. The average molecular weight is 278 g/mol. The highest BCUT2D eigenvalue weighted by Crippen LogP contribution is 2.29. The highest BCUT2D eigenvalue weighted by Gasteiger charge is 2.11. The number of hydrogen-bond donors (Lipinski definition) is 0. The first-order chi connectivity index (χ1) is 9.11. The normalized spacial score (nSPS) is 10.3. The fraction of sp³-hybridized carbons (Fsp3) is 0.133. The molecule has 0 spiro atoms. The molecule has 4 heteroatoms. The second-order valence-electron chi connectivity index (χ2n) is 4.28. The molecule has 0 saturated carbocycles. The van der Waals surface area contributed by atoms with Gasteiger partial charge in [-0.2, -0.15) is 0 Å². The Bertz CT molecular complexity index is 600. The van der Waals surface area contributed by atoms with Crippen molar-refractivity contribution >= 4 is 23.6 Å². The zero-order chi connectivity index (χ0) is 13.8. The van der Waals surface area contributed by atoms with Gasteiger partial charge in [0.15, 0.2) is 6.29 Å². The van der Waals surface area contributed by atoms with Gasteiger partial charge in [0.05, 0.1) is 10.7 Å². The van der Waals surface area contributed by atoms with Crippen LogP contribution in [0, 0.1) is 5.82 Å². The van der Waals surface area contributed by atoms with Gasteiger partial charge >= 0.3 is 0 Å². The van der Waals surface area contributed by atoms with Gasteiger partial charge in [-0.15, -0.1) is 0 Å². The summed E-state index contributed by atoms with van der Waals surface area (Å²) in [6.07, 6.45) is 0.767. The number of hydrogen-bond acceptors (Lipinski definition) is 2. The monoisotopic (exact) mass is 277 g/mol. The summed E-state index contributed by atoms with van der Waals surface area (Å²) < 4.78 is 13.1. The zero-order valence-corrected chi connectivity index (χ0v) is 11.2. The Morgan fingerprint density at radius 3 is 2.68 bits per heavy atom. The number of aldehydes is 1. The van der Waals surface area contributed by atoms with E-state index in [1.807, 2.05) is 18.0 Å². The van der Waals surface area contributed by atoms with Crippen molar-refractivity contribution < 1.29 is 9.18 Å². The van der Waals surface area contributed by atoms with Crippen LogP contribution in [0.4, 0.5) is 10.1 Å². The van der Waals surface area contributed by atoms with Crippen LogP contribution in [0.25, 0.3) is 0 Å². The summed E-state index contributed by atoms with van der Waals surface area (Å²) in [6.45, 7) is 0.475. The van der Waals surface area contributed by atoms with Gasteiger partial charge in [-0.25, -0.2) is 4.39 Å². The summed E-state index contributed by atoms with van der Waals surface area (Å²) in [5.74, 6) is -0.277. The second-order valence-corrected chi connectivity index (χ2v) is 4.69. The zero-order valence-electron chi connectivity index (χ0n) is 10.4. The van der Waals surface area contributed by atoms with E-state index in [9.17, 15) is 9.18 Å². The summed E-state index contributed by atoms with van der Waals surface area (Å²) >= 11 is 6.13. The highest BCUT2D eigenvalue weighted by atomic mass is 35.5. The fourth-order valence-electron chi connectivity index (χ4n) is 2.02. The predicted octanol–water partition coefficient (Wildman–Crippen LogP) is 3.93. The first kappa shape index (κ1) is 13.6. The van der Waals surface area contributed by atoms with E-state index < -0.39 is 0 Å². The van der Waals surface area contributed by atoms with Crippen LogP contribution >= 0.6 is 11.6 Å². The molecule has 2 aromatic rings. The van der Waals surface area contributed by atoms with Crippen LogP contribution < -0.4 is 4.90 Å². The summed E-state index contributed by atoms with van der Waals surface area (Å²) in [5.41, 5.74) is 1.99. The van der Waals surface area contributed by atoms with Crippen molar-refractivity contribution in [1.82, 2.24) is 0 Å². The van der Waals surface area contributed by atoms with Gasteiger partial charge in [0, 0.05) is 19.2 Å². The Kier molecular flexibility index (Phi) is 4.17. The van der Waals surface area contributed by atoms with Crippen molar-refractivity contribution in [1.29, 1.82) is 0 Å². The van der Waals surface area contributed by atoms with Crippen LogP contribution in [0.15, 0.2) is 42.5 Å². The molecular formula is C15H13ClFNO. The van der Waals surface area contributed by atoms with Crippen LogP contribution in [0.1, 0.15) is 15.9 Å². The predicted molar refractivity (Wildman–Crippen MR) is 75.3 cm³/mol. The molecule has 0 amide bonds.